The van der Waals surface area contributed by atoms with E-state index in [4.69, 9.17) is 0 Å². The van der Waals surface area contributed by atoms with Crippen molar-refractivity contribution in [1.29, 1.82) is 0 Å². The van der Waals surface area contributed by atoms with E-state index < -0.39 is 12.2 Å². The number of nitrogens with zero attached hydrogens (tertiary/aromatic N) is 3. The third-order valence-corrected chi connectivity index (χ3v) is 13.1. The van der Waals surface area contributed by atoms with Crippen molar-refractivity contribution >= 4 is 107 Å². The van der Waals surface area contributed by atoms with E-state index in [0.717, 1.165) is 48.8 Å². The summed E-state index contributed by atoms with van der Waals surface area (Å²) in [7, 11) is 0. The monoisotopic (exact) mass is 1110 g/mol. The number of halogens is 6. The molecule has 10 atom stereocenters. The molecule has 1 aromatic rings. The molecule has 6 nitrogen and oxygen atoms in total. The molecule has 226 valence electrons. The molecule has 1 aromatic carbocycles. The minimum Gasteiger partial charge on any atom is -0.873 e. The molecule has 10 unspecified atom stereocenters. The van der Waals surface area contributed by atoms with Crippen molar-refractivity contribution in [2.45, 2.75) is 82.1 Å². The summed E-state index contributed by atoms with van der Waals surface area (Å²) in [6, 6.07) is 1.86. The third-order valence-electron chi connectivity index (χ3n) is 8.00. The minimum atomic E-state index is -0.529. The number of hydrogen-bond acceptors (Lipinski definition) is 3. The van der Waals surface area contributed by atoms with Gasteiger partial charge in [0.2, 0.25) is 0 Å². The summed E-state index contributed by atoms with van der Waals surface area (Å²) in [5.74, 6) is 0.942. The topological polar surface area (TPSA) is 111 Å². The number of hydrogen-bond donors (Lipinski definition) is 0. The van der Waals surface area contributed by atoms with E-state index in [0.29, 0.717) is 38.2 Å². The van der Waals surface area contributed by atoms with Gasteiger partial charge in [0.25, 0.3) is 0 Å². The Morgan fingerprint density at radius 2 is 1.25 bits per heavy atom. The first kappa shape index (κ1) is 36.4. The van der Waals surface area contributed by atoms with Crippen molar-refractivity contribution in [3.63, 3.8) is 0 Å². The molecule has 0 amide bonds. The summed E-state index contributed by atoms with van der Waals surface area (Å²) >= 11 is 20.8. The molecule has 5 aliphatic rings. The standard InChI is InChI=1S/2C9H13Br2NO.C9H6Br2NO.Ir/c3*10-6-4-7(11)9(13)8-5(6)2-1-3-12-8;/h2*5-9H,1-4H2;1-2,4,13H,3H2;/q2*-2;-1;+3/p-1. The van der Waals surface area contributed by atoms with E-state index in [2.05, 4.69) is 112 Å². The molecule has 2 saturated heterocycles. The van der Waals surface area contributed by atoms with Gasteiger partial charge in [0.05, 0.1) is 0 Å². The van der Waals surface area contributed by atoms with Gasteiger partial charge in [-0.15, -0.1) is 61.4 Å². The number of alkyl halides is 4. The van der Waals surface area contributed by atoms with Crippen LogP contribution in [0.15, 0.2) is 21.1 Å². The smallest absolute Gasteiger partial charge is 0.873 e. The first-order valence-corrected chi connectivity index (χ1v) is 18.6. The molecule has 0 N–H and O–H groups in total. The Bertz CT molecular complexity index is 971. The Labute approximate surface area is 301 Å². The van der Waals surface area contributed by atoms with Crippen LogP contribution in [0.1, 0.15) is 44.1 Å². The summed E-state index contributed by atoms with van der Waals surface area (Å²) in [5.41, 5.74) is 1.42. The maximum atomic E-state index is 11.8. The maximum Gasteiger partial charge on any atom is 3.00 e. The summed E-state index contributed by atoms with van der Waals surface area (Å²) in [6.07, 6.45) is 9.34. The Balaban J connectivity index is 0.000000163. The zero-order valence-electron chi connectivity index (χ0n) is 21.5. The van der Waals surface area contributed by atoms with E-state index in [-0.39, 0.29) is 47.6 Å². The van der Waals surface area contributed by atoms with E-state index in [1.807, 2.05) is 12.2 Å². The first-order valence-electron chi connectivity index (χ1n) is 13.3. The summed E-state index contributed by atoms with van der Waals surface area (Å²) < 4.78 is 1.45. The van der Waals surface area contributed by atoms with E-state index in [1.54, 1.807) is 6.07 Å². The van der Waals surface area contributed by atoms with Crippen LogP contribution >= 0.6 is 95.6 Å². The Kier molecular flexibility index (Phi) is 15.5. The maximum absolute atomic E-state index is 11.8. The molecule has 0 aromatic heterocycles. The van der Waals surface area contributed by atoms with Crippen LogP contribution in [-0.2, 0) is 20.1 Å². The predicted molar refractivity (Wildman–Crippen MR) is 175 cm³/mol. The molecule has 4 fully saturated rings. The number of rotatable bonds is 0. The van der Waals surface area contributed by atoms with Gasteiger partial charge in [-0.2, -0.15) is 0 Å². The molecule has 0 bridgehead atoms. The summed E-state index contributed by atoms with van der Waals surface area (Å²) in [6.45, 7) is 2.36. The van der Waals surface area contributed by atoms with Crippen LogP contribution in [0, 0.1) is 11.8 Å². The van der Waals surface area contributed by atoms with Crippen molar-refractivity contribution < 1.29 is 35.4 Å². The van der Waals surface area contributed by atoms with E-state index >= 15 is 0 Å². The second kappa shape index (κ2) is 17.0. The van der Waals surface area contributed by atoms with Crippen molar-refractivity contribution in [3.05, 3.63) is 42.6 Å². The van der Waals surface area contributed by atoms with Gasteiger partial charge in [-0.05, 0) is 36.3 Å². The van der Waals surface area contributed by atoms with Gasteiger partial charge < -0.3 is 31.3 Å². The Morgan fingerprint density at radius 1 is 0.750 bits per heavy atom. The molecular formula is C27H31Br6IrN3O3-3. The average Bonchev–Trinajstić information content (AvgIpc) is 2.94. The number of fused-ring (bicyclic) bond motifs is 3. The van der Waals surface area contributed by atoms with E-state index in [9.17, 15) is 15.3 Å². The Morgan fingerprint density at radius 3 is 1.75 bits per heavy atom. The molecule has 6 rings (SSSR count). The largest absolute Gasteiger partial charge is 3.00 e. The fourth-order valence-corrected chi connectivity index (χ4v) is 11.6. The Hall–Kier alpha value is 1.93. The van der Waals surface area contributed by atoms with Gasteiger partial charge in [-0.3, -0.25) is 0 Å². The predicted octanol–water partition coefficient (Wildman–Crippen LogP) is 6.91. The molecular weight excluding hydrogens is 1090 g/mol. The zero-order valence-corrected chi connectivity index (χ0v) is 33.4. The first-order chi connectivity index (χ1) is 18.6. The zero-order chi connectivity index (χ0) is 28.3. The average molecular weight is 1120 g/mol. The van der Waals surface area contributed by atoms with Gasteiger partial charge in [0.15, 0.2) is 0 Å². The molecule has 2 saturated carbocycles. The van der Waals surface area contributed by atoms with Crippen LogP contribution in [-0.4, -0.2) is 63.2 Å². The quantitative estimate of drug-likeness (QED) is 0.264. The molecule has 3 heterocycles. The molecule has 13 heteroatoms. The van der Waals surface area contributed by atoms with Crippen LogP contribution in [0.25, 0.3) is 22.0 Å². The van der Waals surface area contributed by atoms with Gasteiger partial charge in [0.1, 0.15) is 0 Å². The number of piperidine rings is 2. The molecule has 0 radical (unpaired) electrons. The van der Waals surface area contributed by atoms with Gasteiger partial charge in [-0.1, -0.05) is 127 Å². The summed E-state index contributed by atoms with van der Waals surface area (Å²) in [5, 5.41) is 48.3. The molecule has 2 aliphatic carbocycles. The van der Waals surface area contributed by atoms with Crippen molar-refractivity contribution in [1.82, 2.24) is 0 Å². The normalized spacial score (nSPS) is 37.9. The van der Waals surface area contributed by atoms with Gasteiger partial charge in [0, 0.05) is 28.3 Å². The van der Waals surface area contributed by atoms with Crippen LogP contribution in [0.3, 0.4) is 0 Å². The molecule has 40 heavy (non-hydrogen) atoms. The van der Waals surface area contributed by atoms with Crippen LogP contribution in [0.5, 0.6) is 5.75 Å². The van der Waals surface area contributed by atoms with Gasteiger partial charge in [-0.25, -0.2) is 0 Å². The third kappa shape index (κ3) is 8.80. The second-order valence-corrected chi connectivity index (χ2v) is 17.0. The van der Waals surface area contributed by atoms with Crippen LogP contribution in [0.2, 0.25) is 0 Å². The van der Waals surface area contributed by atoms with Crippen LogP contribution < -0.4 is 15.3 Å². The SMILES string of the molecule is [Ir+3].[O-]C1C(Br)CC(Br)C2CCC[N-]C12.[O-]C1C(Br)CC(Br)C2CCC[N-]C12.[O-]c1c(Br)cc(Br)c2c1[N-]CC=C2. The fourth-order valence-electron chi connectivity index (χ4n) is 5.94. The fraction of sp³-hybridized carbons (Fsp3) is 0.704. The van der Waals surface area contributed by atoms with Crippen molar-refractivity contribution in [2.24, 2.45) is 11.8 Å². The summed E-state index contributed by atoms with van der Waals surface area (Å²) in [4.78, 5) is 1.16. The van der Waals surface area contributed by atoms with E-state index in [1.165, 1.54) is 12.8 Å². The molecule has 3 aliphatic heterocycles. The van der Waals surface area contributed by atoms with Gasteiger partial charge >= 0.3 is 20.1 Å². The number of benzene rings is 1. The minimum absolute atomic E-state index is 0. The molecule has 0 spiro atoms. The second-order valence-electron chi connectivity index (χ2n) is 10.5. The van der Waals surface area contributed by atoms with Crippen LogP contribution in [0.4, 0.5) is 5.69 Å². The van der Waals surface area contributed by atoms with Crippen molar-refractivity contribution in [3.8, 4) is 5.75 Å². The van der Waals surface area contributed by atoms with Crippen molar-refractivity contribution in [2.75, 3.05) is 19.6 Å².